The SMILES string of the molecule is CC(C)[C@@H](NC(=O)CNC(=O)OC(C)(C)C)C(=O)OCc1ccccc1. The first-order chi connectivity index (χ1) is 12.1. The van der Waals surface area contributed by atoms with Crippen LogP contribution in [0.25, 0.3) is 0 Å². The molecule has 0 saturated carbocycles. The van der Waals surface area contributed by atoms with Crippen molar-refractivity contribution in [3.8, 4) is 0 Å². The van der Waals surface area contributed by atoms with Crippen molar-refractivity contribution in [2.75, 3.05) is 6.54 Å². The molecule has 0 bridgehead atoms. The number of hydrogen-bond acceptors (Lipinski definition) is 5. The second-order valence-electron chi connectivity index (χ2n) is 7.24. The molecule has 144 valence electrons. The van der Waals surface area contributed by atoms with Gasteiger partial charge in [-0.05, 0) is 32.3 Å². The van der Waals surface area contributed by atoms with Crippen LogP contribution in [0, 0.1) is 5.92 Å². The van der Waals surface area contributed by atoms with Gasteiger partial charge in [0.1, 0.15) is 24.8 Å². The summed E-state index contributed by atoms with van der Waals surface area (Å²) >= 11 is 0. The smallest absolute Gasteiger partial charge is 0.408 e. The topological polar surface area (TPSA) is 93.7 Å². The maximum Gasteiger partial charge on any atom is 0.408 e. The van der Waals surface area contributed by atoms with Gasteiger partial charge in [0.2, 0.25) is 5.91 Å². The van der Waals surface area contributed by atoms with Crippen molar-refractivity contribution >= 4 is 18.0 Å². The zero-order valence-electron chi connectivity index (χ0n) is 16.0. The first-order valence-electron chi connectivity index (χ1n) is 8.55. The van der Waals surface area contributed by atoms with E-state index in [1.54, 1.807) is 34.6 Å². The zero-order valence-corrected chi connectivity index (χ0v) is 16.0. The number of rotatable bonds is 7. The van der Waals surface area contributed by atoms with Crippen molar-refractivity contribution in [3.63, 3.8) is 0 Å². The highest BCUT2D eigenvalue weighted by molar-refractivity contribution is 5.87. The number of amides is 2. The van der Waals surface area contributed by atoms with Crippen LogP contribution in [-0.4, -0.2) is 36.2 Å². The van der Waals surface area contributed by atoms with Crippen LogP contribution in [0.1, 0.15) is 40.2 Å². The van der Waals surface area contributed by atoms with Crippen LogP contribution >= 0.6 is 0 Å². The van der Waals surface area contributed by atoms with E-state index >= 15 is 0 Å². The van der Waals surface area contributed by atoms with Gasteiger partial charge in [0.15, 0.2) is 0 Å². The predicted octanol–water partition coefficient (Wildman–Crippen LogP) is 2.40. The number of carbonyl (C=O) groups is 3. The van der Waals surface area contributed by atoms with E-state index < -0.39 is 29.6 Å². The Hall–Kier alpha value is -2.57. The van der Waals surface area contributed by atoms with E-state index in [0.717, 1.165) is 5.56 Å². The van der Waals surface area contributed by atoms with Gasteiger partial charge in [-0.1, -0.05) is 44.2 Å². The van der Waals surface area contributed by atoms with E-state index in [-0.39, 0.29) is 19.1 Å². The fourth-order valence-electron chi connectivity index (χ4n) is 2.01. The lowest BCUT2D eigenvalue weighted by molar-refractivity contribution is -0.150. The average Bonchev–Trinajstić information content (AvgIpc) is 2.55. The Morgan fingerprint density at radius 1 is 1.08 bits per heavy atom. The molecule has 0 aromatic heterocycles. The first kappa shape index (κ1) is 21.5. The third-order valence-electron chi connectivity index (χ3n) is 3.25. The number of nitrogens with one attached hydrogen (secondary N) is 2. The molecule has 0 fully saturated rings. The van der Waals surface area contributed by atoms with Crippen molar-refractivity contribution in [1.29, 1.82) is 0 Å². The molecule has 1 aromatic rings. The highest BCUT2D eigenvalue weighted by atomic mass is 16.6. The Morgan fingerprint density at radius 2 is 1.69 bits per heavy atom. The van der Waals surface area contributed by atoms with Crippen molar-refractivity contribution < 1.29 is 23.9 Å². The largest absolute Gasteiger partial charge is 0.459 e. The van der Waals surface area contributed by atoms with Crippen molar-refractivity contribution in [1.82, 2.24) is 10.6 Å². The van der Waals surface area contributed by atoms with Gasteiger partial charge in [0.25, 0.3) is 0 Å². The van der Waals surface area contributed by atoms with Gasteiger partial charge in [-0.15, -0.1) is 0 Å². The molecule has 7 nitrogen and oxygen atoms in total. The summed E-state index contributed by atoms with van der Waals surface area (Å²) in [4.78, 5) is 35.9. The molecule has 0 saturated heterocycles. The molecular weight excluding hydrogens is 336 g/mol. The summed E-state index contributed by atoms with van der Waals surface area (Å²) in [5.41, 5.74) is 0.212. The van der Waals surface area contributed by atoms with E-state index in [1.165, 1.54) is 0 Å². The highest BCUT2D eigenvalue weighted by Crippen LogP contribution is 2.08. The van der Waals surface area contributed by atoms with Gasteiger partial charge in [0.05, 0.1) is 0 Å². The summed E-state index contributed by atoms with van der Waals surface area (Å²) in [6.45, 7) is 8.63. The molecule has 26 heavy (non-hydrogen) atoms. The number of esters is 1. The molecule has 7 heteroatoms. The fourth-order valence-corrected chi connectivity index (χ4v) is 2.01. The number of carbonyl (C=O) groups excluding carboxylic acids is 3. The normalized spacial score (nSPS) is 12.2. The summed E-state index contributed by atoms with van der Waals surface area (Å²) in [5.74, 6) is -1.18. The maximum atomic E-state index is 12.3. The van der Waals surface area contributed by atoms with Gasteiger partial charge in [-0.25, -0.2) is 9.59 Å². The molecule has 0 aliphatic carbocycles. The third kappa shape index (κ3) is 8.50. The van der Waals surface area contributed by atoms with Crippen LogP contribution in [0.15, 0.2) is 30.3 Å². The van der Waals surface area contributed by atoms with Gasteiger partial charge >= 0.3 is 12.1 Å². The zero-order chi connectivity index (χ0) is 19.7. The van der Waals surface area contributed by atoms with Crippen molar-refractivity contribution in [2.45, 2.75) is 52.9 Å². The maximum absolute atomic E-state index is 12.3. The molecule has 1 aromatic carbocycles. The Balaban J connectivity index is 2.49. The van der Waals surface area contributed by atoms with Gasteiger partial charge in [-0.2, -0.15) is 0 Å². The molecule has 2 amide bonds. The highest BCUT2D eigenvalue weighted by Gasteiger charge is 2.26. The first-order valence-corrected chi connectivity index (χ1v) is 8.55. The summed E-state index contributed by atoms with van der Waals surface area (Å²) < 4.78 is 10.3. The lowest BCUT2D eigenvalue weighted by atomic mass is 10.0. The van der Waals surface area contributed by atoms with E-state index in [4.69, 9.17) is 9.47 Å². The van der Waals surface area contributed by atoms with Crippen LogP contribution in [0.2, 0.25) is 0 Å². The Kier molecular flexibility index (Phi) is 8.09. The van der Waals surface area contributed by atoms with E-state index in [0.29, 0.717) is 0 Å². The van der Waals surface area contributed by atoms with E-state index in [9.17, 15) is 14.4 Å². The second kappa shape index (κ2) is 9.79. The second-order valence-corrected chi connectivity index (χ2v) is 7.24. The van der Waals surface area contributed by atoms with Crippen LogP contribution in [0.4, 0.5) is 4.79 Å². The minimum Gasteiger partial charge on any atom is -0.459 e. The lowest BCUT2D eigenvalue weighted by Crippen LogP contribution is -2.49. The number of benzene rings is 1. The van der Waals surface area contributed by atoms with Gasteiger partial charge in [0, 0.05) is 0 Å². The molecule has 0 heterocycles. The predicted molar refractivity (Wildman–Crippen MR) is 97.2 cm³/mol. The minimum absolute atomic E-state index is 0.134. The number of hydrogen-bond donors (Lipinski definition) is 2. The summed E-state index contributed by atoms with van der Waals surface area (Å²) in [7, 11) is 0. The van der Waals surface area contributed by atoms with Crippen molar-refractivity contribution in [2.24, 2.45) is 5.92 Å². The van der Waals surface area contributed by atoms with Crippen LogP contribution in [0.5, 0.6) is 0 Å². The Bertz CT molecular complexity index is 608. The third-order valence-corrected chi connectivity index (χ3v) is 3.25. The molecule has 0 radical (unpaired) electrons. The molecule has 0 aliphatic heterocycles. The monoisotopic (exact) mass is 364 g/mol. The number of alkyl carbamates (subject to hydrolysis) is 1. The molecular formula is C19H28N2O5. The van der Waals surface area contributed by atoms with Gasteiger partial charge in [-0.3, -0.25) is 4.79 Å². The van der Waals surface area contributed by atoms with Crippen LogP contribution < -0.4 is 10.6 Å². The quantitative estimate of drug-likeness (QED) is 0.725. The van der Waals surface area contributed by atoms with Gasteiger partial charge < -0.3 is 20.1 Å². The van der Waals surface area contributed by atoms with Crippen LogP contribution in [-0.2, 0) is 25.7 Å². The summed E-state index contributed by atoms with van der Waals surface area (Å²) in [6, 6.07) is 8.48. The number of ether oxygens (including phenoxy) is 2. The molecule has 0 spiro atoms. The van der Waals surface area contributed by atoms with Crippen molar-refractivity contribution in [3.05, 3.63) is 35.9 Å². The fraction of sp³-hybridized carbons (Fsp3) is 0.526. The molecule has 1 rings (SSSR count). The Labute approximate surface area is 154 Å². The average molecular weight is 364 g/mol. The lowest BCUT2D eigenvalue weighted by Gasteiger charge is -2.22. The van der Waals surface area contributed by atoms with Crippen LogP contribution in [0.3, 0.4) is 0 Å². The molecule has 2 N–H and O–H groups in total. The molecule has 0 aliphatic rings. The Morgan fingerprint density at radius 3 is 2.23 bits per heavy atom. The van der Waals surface area contributed by atoms with E-state index in [2.05, 4.69) is 10.6 Å². The molecule has 1 atom stereocenters. The van der Waals surface area contributed by atoms with E-state index in [1.807, 2.05) is 30.3 Å². The standard InChI is InChI=1S/C19H28N2O5/c1-13(2)16(17(23)25-12-14-9-7-6-8-10-14)21-15(22)11-20-18(24)26-19(3,4)5/h6-10,13,16H,11-12H2,1-5H3,(H,20,24)(H,21,22)/t16-/m1/s1. The minimum atomic E-state index is -0.799. The summed E-state index contributed by atoms with van der Waals surface area (Å²) in [5, 5.41) is 4.94. The molecule has 0 unspecified atom stereocenters. The summed E-state index contributed by atoms with van der Waals surface area (Å²) in [6.07, 6.45) is -0.694.